The Bertz CT molecular complexity index is 484. The molecule has 18 heavy (non-hydrogen) atoms. The van der Waals surface area contributed by atoms with Crippen molar-refractivity contribution in [1.29, 1.82) is 0 Å². The Balaban J connectivity index is 1.99. The lowest BCUT2D eigenvalue weighted by Crippen LogP contribution is -2.32. The molecule has 2 fully saturated rings. The Hall–Kier alpha value is -1.91. The molecule has 2 atom stereocenters. The Labute approximate surface area is 104 Å². The first-order valence-electron chi connectivity index (χ1n) is 6.13. The second-order valence-electron chi connectivity index (χ2n) is 4.88. The van der Waals surface area contributed by atoms with E-state index in [2.05, 4.69) is 4.98 Å². The number of rotatable bonds is 3. The third kappa shape index (κ3) is 1.75. The average Bonchev–Trinajstić information content (AvgIpc) is 3.13. The van der Waals surface area contributed by atoms with Crippen LogP contribution in [0.1, 0.15) is 31.0 Å². The van der Waals surface area contributed by atoms with Crippen molar-refractivity contribution in [1.82, 2.24) is 9.88 Å². The predicted molar refractivity (Wildman–Crippen MR) is 62.6 cm³/mol. The Morgan fingerprint density at radius 2 is 2.17 bits per heavy atom. The van der Waals surface area contributed by atoms with Gasteiger partial charge in [-0.3, -0.25) is 14.6 Å². The molecule has 1 aliphatic heterocycles. The molecule has 94 valence electrons. The standard InChI is InChI=1S/C13H14N2O3/c16-11-7-9(13(17)18)12(15(11)8-4-5-8)10-3-1-2-6-14-10/h1-3,6,8-9,12H,4-5,7H2,(H,17,18)/t9-,12-/m1/s1. The van der Waals surface area contributed by atoms with E-state index >= 15 is 0 Å². The second-order valence-corrected chi connectivity index (χ2v) is 4.88. The molecule has 5 nitrogen and oxygen atoms in total. The Morgan fingerprint density at radius 3 is 2.72 bits per heavy atom. The molecule has 1 saturated heterocycles. The molecular weight excluding hydrogens is 232 g/mol. The van der Waals surface area contributed by atoms with Gasteiger partial charge in [0.25, 0.3) is 0 Å². The molecule has 0 spiro atoms. The fourth-order valence-electron chi connectivity index (χ4n) is 2.66. The number of aliphatic carboxylic acids is 1. The molecule has 1 aromatic heterocycles. The third-order valence-electron chi connectivity index (χ3n) is 3.61. The number of nitrogens with zero attached hydrogens (tertiary/aromatic N) is 2. The van der Waals surface area contributed by atoms with Crippen molar-refractivity contribution in [3.05, 3.63) is 30.1 Å². The zero-order valence-electron chi connectivity index (χ0n) is 9.82. The molecule has 1 aromatic rings. The first-order valence-corrected chi connectivity index (χ1v) is 6.13. The van der Waals surface area contributed by atoms with Crippen LogP contribution in [0.2, 0.25) is 0 Å². The second kappa shape index (κ2) is 4.08. The lowest BCUT2D eigenvalue weighted by atomic mass is 9.97. The molecule has 1 amide bonds. The molecule has 0 unspecified atom stereocenters. The normalized spacial score (nSPS) is 27.6. The van der Waals surface area contributed by atoms with Gasteiger partial charge in [0.15, 0.2) is 0 Å². The molecule has 1 N–H and O–H groups in total. The summed E-state index contributed by atoms with van der Waals surface area (Å²) in [6.45, 7) is 0. The van der Waals surface area contributed by atoms with E-state index in [-0.39, 0.29) is 18.4 Å². The number of hydrogen-bond donors (Lipinski definition) is 1. The summed E-state index contributed by atoms with van der Waals surface area (Å²) in [5, 5.41) is 9.28. The van der Waals surface area contributed by atoms with Crippen LogP contribution >= 0.6 is 0 Å². The fourth-order valence-corrected chi connectivity index (χ4v) is 2.66. The van der Waals surface area contributed by atoms with Crippen LogP contribution in [-0.2, 0) is 9.59 Å². The van der Waals surface area contributed by atoms with E-state index in [9.17, 15) is 14.7 Å². The van der Waals surface area contributed by atoms with E-state index in [0.717, 1.165) is 12.8 Å². The molecule has 3 rings (SSSR count). The summed E-state index contributed by atoms with van der Waals surface area (Å²) in [4.78, 5) is 29.3. The van der Waals surface area contributed by atoms with Gasteiger partial charge in [-0.15, -0.1) is 0 Å². The van der Waals surface area contributed by atoms with E-state index in [1.54, 1.807) is 23.2 Å². The van der Waals surface area contributed by atoms with Crippen molar-refractivity contribution in [2.45, 2.75) is 31.3 Å². The molecular formula is C13H14N2O3. The average molecular weight is 246 g/mol. The topological polar surface area (TPSA) is 70.5 Å². The zero-order valence-corrected chi connectivity index (χ0v) is 9.82. The third-order valence-corrected chi connectivity index (χ3v) is 3.61. The molecule has 0 radical (unpaired) electrons. The van der Waals surface area contributed by atoms with Crippen molar-refractivity contribution in [2.75, 3.05) is 0 Å². The number of carboxylic acids is 1. The maximum absolute atomic E-state index is 12.0. The van der Waals surface area contributed by atoms with Crippen LogP contribution in [-0.4, -0.2) is 32.9 Å². The maximum atomic E-state index is 12.0. The van der Waals surface area contributed by atoms with Crippen LogP contribution in [0.4, 0.5) is 0 Å². The molecule has 5 heteroatoms. The van der Waals surface area contributed by atoms with Gasteiger partial charge in [0.05, 0.1) is 17.7 Å². The Morgan fingerprint density at radius 1 is 1.39 bits per heavy atom. The smallest absolute Gasteiger partial charge is 0.309 e. The Kier molecular flexibility index (Phi) is 2.54. The number of carbonyl (C=O) groups is 2. The fraction of sp³-hybridized carbons (Fsp3) is 0.462. The van der Waals surface area contributed by atoms with Gasteiger partial charge in [-0.25, -0.2) is 0 Å². The van der Waals surface area contributed by atoms with Crippen LogP contribution in [0.25, 0.3) is 0 Å². The van der Waals surface area contributed by atoms with E-state index < -0.39 is 17.9 Å². The molecule has 1 aliphatic carbocycles. The van der Waals surface area contributed by atoms with Crippen molar-refractivity contribution in [3.63, 3.8) is 0 Å². The molecule has 2 heterocycles. The minimum absolute atomic E-state index is 0.0550. The zero-order chi connectivity index (χ0) is 12.7. The number of hydrogen-bond acceptors (Lipinski definition) is 3. The van der Waals surface area contributed by atoms with Crippen molar-refractivity contribution in [3.8, 4) is 0 Å². The van der Waals surface area contributed by atoms with Crippen molar-refractivity contribution < 1.29 is 14.7 Å². The predicted octanol–water partition coefficient (Wildman–Crippen LogP) is 1.22. The van der Waals surface area contributed by atoms with Crippen LogP contribution in [0.15, 0.2) is 24.4 Å². The van der Waals surface area contributed by atoms with Gasteiger partial charge < -0.3 is 10.0 Å². The minimum atomic E-state index is -0.915. The van der Waals surface area contributed by atoms with Crippen LogP contribution in [0, 0.1) is 5.92 Å². The monoisotopic (exact) mass is 246 g/mol. The van der Waals surface area contributed by atoms with Gasteiger partial charge in [0.2, 0.25) is 5.91 Å². The van der Waals surface area contributed by atoms with Gasteiger partial charge in [-0.05, 0) is 25.0 Å². The number of carboxylic acid groups (broad SMARTS) is 1. The molecule has 0 aromatic carbocycles. The molecule has 0 bridgehead atoms. The summed E-state index contributed by atoms with van der Waals surface area (Å²) in [6, 6.07) is 5.24. The number of amides is 1. The first kappa shape index (κ1) is 11.2. The lowest BCUT2D eigenvalue weighted by molar-refractivity contribution is -0.142. The quantitative estimate of drug-likeness (QED) is 0.870. The molecule has 2 aliphatic rings. The minimum Gasteiger partial charge on any atom is -0.481 e. The van der Waals surface area contributed by atoms with Crippen LogP contribution < -0.4 is 0 Å². The van der Waals surface area contributed by atoms with Gasteiger partial charge in [0, 0.05) is 18.7 Å². The van der Waals surface area contributed by atoms with Gasteiger partial charge in [-0.1, -0.05) is 6.07 Å². The lowest BCUT2D eigenvalue weighted by Gasteiger charge is -2.26. The van der Waals surface area contributed by atoms with Crippen LogP contribution in [0.3, 0.4) is 0 Å². The van der Waals surface area contributed by atoms with E-state index in [1.165, 1.54) is 0 Å². The summed E-state index contributed by atoms with van der Waals surface area (Å²) in [5.74, 6) is -1.64. The highest BCUT2D eigenvalue weighted by Gasteiger charge is 2.50. The summed E-state index contributed by atoms with van der Waals surface area (Å²) < 4.78 is 0. The largest absolute Gasteiger partial charge is 0.481 e. The highest BCUT2D eigenvalue weighted by atomic mass is 16.4. The van der Waals surface area contributed by atoms with E-state index in [0.29, 0.717) is 5.69 Å². The number of pyridine rings is 1. The SMILES string of the molecule is O=C(O)[C@@H]1CC(=O)N(C2CC2)[C@H]1c1ccccn1. The first-order chi connectivity index (χ1) is 8.68. The van der Waals surface area contributed by atoms with Crippen molar-refractivity contribution in [2.24, 2.45) is 5.92 Å². The number of likely N-dealkylation sites (tertiary alicyclic amines) is 1. The summed E-state index contributed by atoms with van der Waals surface area (Å²) >= 11 is 0. The number of aromatic nitrogens is 1. The highest BCUT2D eigenvalue weighted by Crippen LogP contribution is 2.44. The number of carbonyl (C=O) groups excluding carboxylic acids is 1. The summed E-state index contributed by atoms with van der Waals surface area (Å²) in [5.41, 5.74) is 0.683. The van der Waals surface area contributed by atoms with E-state index in [1.807, 2.05) is 6.07 Å². The summed E-state index contributed by atoms with van der Waals surface area (Å²) in [6.07, 6.45) is 3.68. The highest BCUT2D eigenvalue weighted by molar-refractivity contribution is 5.87. The summed E-state index contributed by atoms with van der Waals surface area (Å²) in [7, 11) is 0. The maximum Gasteiger partial charge on any atom is 0.309 e. The van der Waals surface area contributed by atoms with E-state index in [4.69, 9.17) is 0 Å². The van der Waals surface area contributed by atoms with Crippen molar-refractivity contribution >= 4 is 11.9 Å². The van der Waals surface area contributed by atoms with Gasteiger partial charge in [0.1, 0.15) is 0 Å². The van der Waals surface area contributed by atoms with Crippen LogP contribution in [0.5, 0.6) is 0 Å². The molecule has 1 saturated carbocycles. The van der Waals surface area contributed by atoms with Gasteiger partial charge >= 0.3 is 5.97 Å². The van der Waals surface area contributed by atoms with Gasteiger partial charge in [-0.2, -0.15) is 0 Å².